The van der Waals surface area contributed by atoms with Crippen molar-refractivity contribution < 1.29 is 4.74 Å². The summed E-state index contributed by atoms with van der Waals surface area (Å²) in [5.41, 5.74) is 4.17. The van der Waals surface area contributed by atoms with Crippen LogP contribution in [0.2, 0.25) is 0 Å². The number of anilines is 1. The third-order valence-electron chi connectivity index (χ3n) is 7.04. The normalized spacial score (nSPS) is 20.0. The van der Waals surface area contributed by atoms with Crippen LogP contribution in [-0.4, -0.2) is 25.8 Å². The summed E-state index contributed by atoms with van der Waals surface area (Å²) >= 11 is 5.91. The van der Waals surface area contributed by atoms with Crippen molar-refractivity contribution in [1.82, 2.24) is 19.9 Å². The standard InChI is InChI=1S/C29H29N5OS/c1-20-11-16-26(31-19-20)33-18-6-10-25(33)28-27(24-9-4-5-17-30-24)32-29(36)34(28)21-12-14-23(15-13-21)35-22-7-2-3-8-22/h4-6,9-19,22,27-28H,2-3,7-8H2,1H3,(H,32,36)/t27-,28+/m1/s1. The van der Waals surface area contributed by atoms with Gasteiger partial charge < -0.3 is 19.5 Å². The Kier molecular flexibility index (Phi) is 6.15. The van der Waals surface area contributed by atoms with E-state index >= 15 is 0 Å². The fourth-order valence-electron chi connectivity index (χ4n) is 5.26. The maximum Gasteiger partial charge on any atom is 0.174 e. The first kappa shape index (κ1) is 22.7. The van der Waals surface area contributed by atoms with Crippen molar-refractivity contribution in [3.05, 3.63) is 102 Å². The minimum absolute atomic E-state index is 0.118. The van der Waals surface area contributed by atoms with Crippen molar-refractivity contribution in [2.24, 2.45) is 0 Å². The Morgan fingerprint density at radius 2 is 1.78 bits per heavy atom. The number of ether oxygens (including phenoxy) is 1. The van der Waals surface area contributed by atoms with E-state index in [0.717, 1.165) is 47.0 Å². The molecule has 2 aliphatic rings. The lowest BCUT2D eigenvalue weighted by atomic mass is 10.0. The summed E-state index contributed by atoms with van der Waals surface area (Å²) in [7, 11) is 0. The third kappa shape index (κ3) is 4.35. The quantitative estimate of drug-likeness (QED) is 0.328. The number of hydrogen-bond acceptors (Lipinski definition) is 4. The molecule has 182 valence electrons. The molecule has 1 aromatic carbocycles. The van der Waals surface area contributed by atoms with Gasteiger partial charge in [0.15, 0.2) is 5.11 Å². The van der Waals surface area contributed by atoms with E-state index in [9.17, 15) is 0 Å². The number of nitrogens with zero attached hydrogens (tertiary/aromatic N) is 4. The Balaban J connectivity index is 1.39. The number of aryl methyl sites for hydroxylation is 1. The van der Waals surface area contributed by atoms with Crippen LogP contribution >= 0.6 is 12.2 Å². The van der Waals surface area contributed by atoms with E-state index in [1.807, 2.05) is 37.5 Å². The number of hydrogen-bond donors (Lipinski definition) is 1. The number of rotatable bonds is 6. The summed E-state index contributed by atoms with van der Waals surface area (Å²) in [6.45, 7) is 2.05. The van der Waals surface area contributed by atoms with E-state index in [-0.39, 0.29) is 12.1 Å². The summed E-state index contributed by atoms with van der Waals surface area (Å²) in [6.07, 6.45) is 10.9. The van der Waals surface area contributed by atoms with Gasteiger partial charge in [-0.3, -0.25) is 4.98 Å². The van der Waals surface area contributed by atoms with Gasteiger partial charge in [0.25, 0.3) is 0 Å². The first-order valence-corrected chi connectivity index (χ1v) is 13.0. The van der Waals surface area contributed by atoms with Gasteiger partial charge in [-0.15, -0.1) is 0 Å². The van der Waals surface area contributed by atoms with Crippen LogP contribution in [0.5, 0.6) is 5.75 Å². The molecule has 4 heterocycles. The summed E-state index contributed by atoms with van der Waals surface area (Å²) in [4.78, 5) is 11.6. The Morgan fingerprint density at radius 3 is 2.50 bits per heavy atom. The van der Waals surface area contributed by atoms with Gasteiger partial charge in [0.05, 0.1) is 17.8 Å². The highest BCUT2D eigenvalue weighted by atomic mass is 32.1. The highest BCUT2D eigenvalue weighted by Crippen LogP contribution is 2.42. The van der Waals surface area contributed by atoms with Crippen molar-refractivity contribution in [2.45, 2.75) is 50.8 Å². The fourth-order valence-corrected chi connectivity index (χ4v) is 5.61. The van der Waals surface area contributed by atoms with Gasteiger partial charge in [0.1, 0.15) is 17.6 Å². The monoisotopic (exact) mass is 495 g/mol. The molecule has 7 heteroatoms. The van der Waals surface area contributed by atoms with Crippen molar-refractivity contribution in [2.75, 3.05) is 4.90 Å². The minimum Gasteiger partial charge on any atom is -0.490 e. The molecule has 2 atom stereocenters. The molecule has 0 spiro atoms. The lowest BCUT2D eigenvalue weighted by molar-refractivity contribution is 0.210. The maximum atomic E-state index is 6.21. The average Bonchev–Trinajstić information content (AvgIpc) is 3.66. The molecule has 0 radical (unpaired) electrons. The molecule has 6 rings (SSSR count). The molecule has 2 fully saturated rings. The van der Waals surface area contributed by atoms with Crippen molar-refractivity contribution in [1.29, 1.82) is 0 Å². The van der Waals surface area contributed by atoms with E-state index in [1.54, 1.807) is 0 Å². The highest BCUT2D eigenvalue weighted by Gasteiger charge is 2.42. The van der Waals surface area contributed by atoms with Crippen LogP contribution in [-0.2, 0) is 0 Å². The summed E-state index contributed by atoms with van der Waals surface area (Å²) in [6, 6.07) is 22.4. The van der Waals surface area contributed by atoms with Crippen LogP contribution in [0.1, 0.15) is 54.7 Å². The molecule has 1 aliphatic carbocycles. The first-order valence-electron chi connectivity index (χ1n) is 12.5. The zero-order chi connectivity index (χ0) is 24.5. The molecule has 0 amide bonds. The second-order valence-corrected chi connectivity index (χ2v) is 9.90. The van der Waals surface area contributed by atoms with Crippen LogP contribution in [0.15, 0.2) is 85.3 Å². The molecule has 0 bridgehead atoms. The molecule has 0 unspecified atom stereocenters. The fraction of sp³-hybridized carbons (Fsp3) is 0.276. The number of thiocarbonyl (C=S) groups is 1. The minimum atomic E-state index is -0.118. The molecule has 1 saturated heterocycles. The van der Waals surface area contributed by atoms with E-state index < -0.39 is 0 Å². The van der Waals surface area contributed by atoms with E-state index in [2.05, 4.69) is 79.5 Å². The van der Waals surface area contributed by atoms with Crippen LogP contribution in [0.25, 0.3) is 5.82 Å². The van der Waals surface area contributed by atoms with Crippen LogP contribution in [0, 0.1) is 6.92 Å². The topological polar surface area (TPSA) is 55.2 Å². The van der Waals surface area contributed by atoms with Crippen LogP contribution in [0.3, 0.4) is 0 Å². The predicted octanol–water partition coefficient (Wildman–Crippen LogP) is 6.07. The Hall–Kier alpha value is -3.71. The van der Waals surface area contributed by atoms with Crippen molar-refractivity contribution in [3.8, 4) is 11.6 Å². The Bertz CT molecular complexity index is 1330. The van der Waals surface area contributed by atoms with E-state index in [4.69, 9.17) is 17.0 Å². The molecule has 1 saturated carbocycles. The maximum absolute atomic E-state index is 6.21. The second kappa shape index (κ2) is 9.74. The van der Waals surface area contributed by atoms with Crippen molar-refractivity contribution >= 4 is 23.0 Å². The molecular weight excluding hydrogens is 466 g/mol. The lowest BCUT2D eigenvalue weighted by Gasteiger charge is -2.29. The molecule has 6 nitrogen and oxygen atoms in total. The SMILES string of the molecule is Cc1ccc(-n2cccc2[C@H]2[C@@H](c3ccccn3)NC(=S)N2c2ccc(OC3CCCC3)cc2)nc1. The zero-order valence-electron chi connectivity index (χ0n) is 20.2. The van der Waals surface area contributed by atoms with E-state index in [1.165, 1.54) is 12.8 Å². The molecule has 4 aromatic rings. The highest BCUT2D eigenvalue weighted by molar-refractivity contribution is 7.80. The molecule has 36 heavy (non-hydrogen) atoms. The van der Waals surface area contributed by atoms with Crippen molar-refractivity contribution in [3.63, 3.8) is 0 Å². The van der Waals surface area contributed by atoms with E-state index in [0.29, 0.717) is 11.2 Å². The van der Waals surface area contributed by atoms with Gasteiger partial charge >= 0.3 is 0 Å². The second-order valence-electron chi connectivity index (χ2n) is 9.51. The smallest absolute Gasteiger partial charge is 0.174 e. The van der Waals surface area contributed by atoms with Gasteiger partial charge in [0, 0.05) is 30.0 Å². The average molecular weight is 496 g/mol. The zero-order valence-corrected chi connectivity index (χ0v) is 21.1. The number of nitrogens with one attached hydrogen (secondary N) is 1. The lowest BCUT2D eigenvalue weighted by Crippen LogP contribution is -2.30. The number of pyridine rings is 2. The molecule has 1 N–H and O–H groups in total. The predicted molar refractivity (Wildman–Crippen MR) is 146 cm³/mol. The molecular formula is C29H29N5OS. The van der Waals surface area contributed by atoms with Crippen LogP contribution < -0.4 is 15.0 Å². The molecule has 1 aliphatic heterocycles. The van der Waals surface area contributed by atoms with Gasteiger partial charge in [-0.25, -0.2) is 4.98 Å². The largest absolute Gasteiger partial charge is 0.490 e. The Morgan fingerprint density at radius 1 is 0.944 bits per heavy atom. The number of aromatic nitrogens is 3. The van der Waals surface area contributed by atoms with Crippen LogP contribution in [0.4, 0.5) is 5.69 Å². The number of benzene rings is 1. The van der Waals surface area contributed by atoms with Gasteiger partial charge in [-0.1, -0.05) is 12.1 Å². The first-order chi connectivity index (χ1) is 17.7. The van der Waals surface area contributed by atoms with Gasteiger partial charge in [0.2, 0.25) is 0 Å². The summed E-state index contributed by atoms with van der Waals surface area (Å²) in [5, 5.41) is 4.22. The summed E-state index contributed by atoms with van der Waals surface area (Å²) < 4.78 is 8.35. The Labute approximate surface area is 217 Å². The van der Waals surface area contributed by atoms with Gasteiger partial charge in [-0.05, 0) is 105 Å². The summed E-state index contributed by atoms with van der Waals surface area (Å²) in [5.74, 6) is 1.78. The third-order valence-corrected chi connectivity index (χ3v) is 7.36. The molecule has 3 aromatic heterocycles. The van der Waals surface area contributed by atoms with Gasteiger partial charge in [-0.2, -0.15) is 0 Å².